The number of amides is 1. The Hall–Kier alpha value is -2.73. The van der Waals surface area contributed by atoms with Crippen LogP contribution in [0.4, 0.5) is 19.6 Å². The Kier molecular flexibility index (Phi) is 7.60. The van der Waals surface area contributed by atoms with E-state index in [1.165, 1.54) is 17.4 Å². The van der Waals surface area contributed by atoms with E-state index in [9.17, 15) is 17.8 Å². The third kappa shape index (κ3) is 5.58. The number of halogens is 2. The Morgan fingerprint density at radius 3 is 2.46 bits per heavy atom. The molecule has 0 radical (unpaired) electrons. The zero-order chi connectivity index (χ0) is 25.3. The minimum atomic E-state index is -1.66. The lowest BCUT2D eigenvalue weighted by molar-refractivity contribution is -0.123. The first-order valence-electron chi connectivity index (χ1n) is 11.0. The Balaban J connectivity index is 1.45. The van der Waals surface area contributed by atoms with Crippen LogP contribution in [0.25, 0.3) is 11.1 Å². The van der Waals surface area contributed by atoms with Gasteiger partial charge in [0.1, 0.15) is 26.8 Å². The summed E-state index contributed by atoms with van der Waals surface area (Å²) in [5, 5.41) is 6.06. The molecule has 1 aromatic heterocycles. The Bertz CT molecular complexity index is 1240. The summed E-state index contributed by atoms with van der Waals surface area (Å²) in [6.07, 6.45) is 0. The molecule has 2 heterocycles. The summed E-state index contributed by atoms with van der Waals surface area (Å²) >= 11 is 1.19. The van der Waals surface area contributed by atoms with Crippen LogP contribution in [-0.4, -0.2) is 60.3 Å². The molecule has 1 fully saturated rings. The van der Waals surface area contributed by atoms with E-state index >= 15 is 0 Å². The van der Waals surface area contributed by atoms with Crippen molar-refractivity contribution in [3.63, 3.8) is 0 Å². The van der Waals surface area contributed by atoms with Gasteiger partial charge in [-0.3, -0.25) is 9.69 Å². The fraction of sp³-hybridized carbons (Fsp3) is 0.333. The molecule has 1 aliphatic heterocycles. The van der Waals surface area contributed by atoms with Gasteiger partial charge in [-0.05, 0) is 56.9 Å². The van der Waals surface area contributed by atoms with Gasteiger partial charge >= 0.3 is 0 Å². The highest BCUT2D eigenvalue weighted by Crippen LogP contribution is 2.33. The number of nitrogens with zero attached hydrogens (tertiary/aromatic N) is 4. The number of hydrogen-bond donors (Lipinski definition) is 1. The number of hydrogen-bond acceptors (Lipinski definition) is 6. The van der Waals surface area contributed by atoms with Crippen LogP contribution in [0.2, 0.25) is 0 Å². The van der Waals surface area contributed by atoms with E-state index in [4.69, 9.17) is 5.14 Å². The quantitative estimate of drug-likeness (QED) is 0.493. The molecule has 1 unspecified atom stereocenters. The van der Waals surface area contributed by atoms with Gasteiger partial charge in [0.2, 0.25) is 5.91 Å². The van der Waals surface area contributed by atoms with E-state index < -0.39 is 22.6 Å². The molecule has 1 atom stereocenters. The van der Waals surface area contributed by atoms with Crippen LogP contribution in [0, 0.1) is 24.5 Å². The van der Waals surface area contributed by atoms with Crippen LogP contribution in [0.5, 0.6) is 0 Å². The predicted molar refractivity (Wildman–Crippen MR) is 136 cm³/mol. The van der Waals surface area contributed by atoms with Gasteiger partial charge in [-0.2, -0.15) is 0 Å². The normalized spacial score (nSPS) is 14.8. The third-order valence-electron chi connectivity index (χ3n) is 5.90. The van der Waals surface area contributed by atoms with Gasteiger partial charge in [-0.15, -0.1) is 0 Å². The van der Waals surface area contributed by atoms with Crippen molar-refractivity contribution in [1.82, 2.24) is 9.88 Å². The predicted octanol–water partition coefficient (Wildman–Crippen LogP) is 3.41. The molecule has 7 nitrogen and oxygen atoms in total. The van der Waals surface area contributed by atoms with Gasteiger partial charge in [0.25, 0.3) is 0 Å². The van der Waals surface area contributed by atoms with Crippen molar-refractivity contribution in [2.75, 3.05) is 50.1 Å². The molecule has 2 aromatic carbocycles. The monoisotopic (exact) mass is 519 g/mol. The molecule has 3 aromatic rings. The number of aromatic nitrogens is 1. The summed E-state index contributed by atoms with van der Waals surface area (Å²) in [4.78, 5) is 23.5. The molecule has 0 bridgehead atoms. The Morgan fingerprint density at radius 2 is 1.86 bits per heavy atom. The number of nitrogens with two attached hydrogens (primary N) is 1. The largest absolute Gasteiger partial charge is 0.370 e. The first-order chi connectivity index (χ1) is 16.6. The van der Waals surface area contributed by atoms with Crippen LogP contribution < -0.4 is 14.9 Å². The van der Waals surface area contributed by atoms with E-state index in [1.807, 2.05) is 31.1 Å². The number of benzene rings is 2. The zero-order valence-corrected chi connectivity index (χ0v) is 21.3. The number of rotatable bonds is 8. The first kappa shape index (κ1) is 25.4. The summed E-state index contributed by atoms with van der Waals surface area (Å²) in [5.74, 6) is -1.22. The van der Waals surface area contributed by atoms with Gasteiger partial charge in [0, 0.05) is 37.4 Å². The maximum Gasteiger partial charge on any atom is 0.235 e. The molecular formula is C24H27F2N5O2S2. The lowest BCUT2D eigenvalue weighted by Gasteiger charge is -2.42. The maximum absolute atomic E-state index is 14.1. The van der Waals surface area contributed by atoms with Gasteiger partial charge < -0.3 is 9.80 Å². The van der Waals surface area contributed by atoms with Gasteiger partial charge in [0.05, 0.1) is 11.6 Å². The Morgan fingerprint density at radius 1 is 1.17 bits per heavy atom. The van der Waals surface area contributed by atoms with E-state index in [-0.39, 0.29) is 17.4 Å². The average molecular weight is 520 g/mol. The number of likely N-dealkylation sites (N-methyl/N-ethyl adjacent to an activating group) is 1. The molecule has 2 N–H and O–H groups in total. The summed E-state index contributed by atoms with van der Waals surface area (Å²) in [6.45, 7) is 3.91. The van der Waals surface area contributed by atoms with Crippen LogP contribution in [0.3, 0.4) is 0 Å². The maximum atomic E-state index is 14.1. The molecule has 1 saturated heterocycles. The summed E-state index contributed by atoms with van der Waals surface area (Å²) in [7, 11) is 2.21. The molecule has 0 saturated carbocycles. The van der Waals surface area contributed by atoms with E-state index in [0.29, 0.717) is 46.8 Å². The SMILES string of the molecule is Cc1nc(N(CCN(C)C)C(=O)C2CN(c3ccc(-c4cc(F)ccc4F)cc3)C2)sc1S(N)=O. The fourth-order valence-corrected chi connectivity index (χ4v) is 5.63. The first-order valence-corrected chi connectivity index (χ1v) is 13.1. The second-order valence-corrected chi connectivity index (χ2v) is 11.0. The highest BCUT2D eigenvalue weighted by molar-refractivity contribution is 7.85. The van der Waals surface area contributed by atoms with Gasteiger partial charge in [0.15, 0.2) is 5.13 Å². The van der Waals surface area contributed by atoms with Crippen molar-refractivity contribution in [2.24, 2.45) is 11.1 Å². The minimum Gasteiger partial charge on any atom is -0.370 e. The Labute approximate surface area is 209 Å². The summed E-state index contributed by atoms with van der Waals surface area (Å²) in [5.41, 5.74) is 2.26. The van der Waals surface area contributed by atoms with Crippen molar-refractivity contribution in [3.05, 3.63) is 59.8 Å². The van der Waals surface area contributed by atoms with Gasteiger partial charge in [-0.1, -0.05) is 23.5 Å². The lowest BCUT2D eigenvalue weighted by Crippen LogP contribution is -2.55. The molecule has 0 aliphatic carbocycles. The molecule has 186 valence electrons. The van der Waals surface area contributed by atoms with E-state index in [0.717, 1.165) is 17.8 Å². The number of carbonyl (C=O) groups excluding carboxylic acids is 1. The fourth-order valence-electron chi connectivity index (χ4n) is 3.91. The van der Waals surface area contributed by atoms with Crippen molar-refractivity contribution < 1.29 is 17.8 Å². The lowest BCUT2D eigenvalue weighted by atomic mass is 9.96. The van der Waals surface area contributed by atoms with Crippen LogP contribution in [0.15, 0.2) is 46.7 Å². The van der Waals surface area contributed by atoms with Crippen molar-refractivity contribution >= 4 is 39.0 Å². The standard InChI is InChI=1S/C24H27F2N5O2S2/c1-15-23(35(27)33)34-24(28-15)31(11-10-29(2)3)22(32)17-13-30(14-17)19-7-4-16(5-8-19)20-12-18(25)6-9-21(20)26/h4-9,12,17H,10-11,13-14,27H2,1-3H3. The highest BCUT2D eigenvalue weighted by Gasteiger charge is 2.37. The zero-order valence-electron chi connectivity index (χ0n) is 19.7. The van der Waals surface area contributed by atoms with Crippen molar-refractivity contribution in [3.8, 4) is 11.1 Å². The van der Waals surface area contributed by atoms with Crippen molar-refractivity contribution in [1.29, 1.82) is 0 Å². The number of carbonyl (C=O) groups is 1. The van der Waals surface area contributed by atoms with Crippen molar-refractivity contribution in [2.45, 2.75) is 11.1 Å². The van der Waals surface area contributed by atoms with E-state index in [2.05, 4.69) is 9.88 Å². The topological polar surface area (TPSA) is 82.8 Å². The average Bonchev–Trinajstić information content (AvgIpc) is 3.16. The molecule has 35 heavy (non-hydrogen) atoms. The molecule has 4 rings (SSSR count). The second kappa shape index (κ2) is 10.5. The summed E-state index contributed by atoms with van der Waals surface area (Å²) < 4.78 is 39.9. The number of aryl methyl sites for hydroxylation is 1. The minimum absolute atomic E-state index is 0.0374. The molecular weight excluding hydrogens is 492 g/mol. The molecule has 0 spiro atoms. The van der Waals surface area contributed by atoms with Crippen LogP contribution >= 0.6 is 11.3 Å². The molecule has 11 heteroatoms. The summed E-state index contributed by atoms with van der Waals surface area (Å²) in [6, 6.07) is 10.6. The molecule has 1 amide bonds. The van der Waals surface area contributed by atoms with E-state index in [1.54, 1.807) is 24.0 Å². The van der Waals surface area contributed by atoms with Crippen LogP contribution in [0.1, 0.15) is 5.69 Å². The second-order valence-electron chi connectivity index (χ2n) is 8.73. The highest BCUT2D eigenvalue weighted by atomic mass is 32.2. The van der Waals surface area contributed by atoms with Gasteiger partial charge in [-0.25, -0.2) is 23.1 Å². The molecule has 1 aliphatic rings. The third-order valence-corrected chi connectivity index (χ3v) is 8.27. The van der Waals surface area contributed by atoms with Crippen LogP contribution in [-0.2, 0) is 15.8 Å². The number of thiazole rings is 1. The smallest absolute Gasteiger partial charge is 0.235 e. The number of anilines is 2.